The zero-order valence-electron chi connectivity index (χ0n) is 18.9. The van der Waals surface area contributed by atoms with Crippen molar-refractivity contribution in [1.82, 2.24) is 16.2 Å². The monoisotopic (exact) mass is 457 g/mol. The third-order valence-corrected chi connectivity index (χ3v) is 4.50. The number of hydrogen-bond donors (Lipinski definition) is 3. The van der Waals surface area contributed by atoms with Crippen LogP contribution in [0.3, 0.4) is 0 Å². The Bertz CT molecular complexity index is 896. The van der Waals surface area contributed by atoms with Crippen LogP contribution in [0.5, 0.6) is 11.5 Å². The van der Waals surface area contributed by atoms with Crippen LogP contribution in [-0.4, -0.2) is 30.1 Å². The van der Waals surface area contributed by atoms with Crippen molar-refractivity contribution in [1.29, 1.82) is 0 Å². The lowest BCUT2D eigenvalue weighted by atomic mass is 10.1. The van der Waals surface area contributed by atoms with Gasteiger partial charge in [-0.3, -0.25) is 25.8 Å². The van der Waals surface area contributed by atoms with E-state index in [1.807, 2.05) is 0 Å². The van der Waals surface area contributed by atoms with Crippen LogP contribution in [0.1, 0.15) is 54.8 Å². The largest absolute Gasteiger partial charge is 0.494 e. The highest BCUT2D eigenvalue weighted by molar-refractivity contribution is 7.80. The number of ether oxygens (including phenoxy) is 2. The number of hydrazine groups is 1. The molecule has 0 spiro atoms. The van der Waals surface area contributed by atoms with Crippen LogP contribution in [0.4, 0.5) is 0 Å². The second kappa shape index (κ2) is 12.7. The Hall–Kier alpha value is -3.13. The zero-order chi connectivity index (χ0) is 23.5. The first-order chi connectivity index (χ1) is 15.2. The molecule has 0 radical (unpaired) electrons. The predicted molar refractivity (Wildman–Crippen MR) is 129 cm³/mol. The number of nitrogens with one attached hydrogen (secondary N) is 3. The summed E-state index contributed by atoms with van der Waals surface area (Å²) in [4.78, 5) is 24.6. The summed E-state index contributed by atoms with van der Waals surface area (Å²) in [5.74, 6) is 1.60. The maximum absolute atomic E-state index is 12.3. The lowest BCUT2D eigenvalue weighted by molar-refractivity contribution is 0.0934. The molecule has 2 aromatic rings. The van der Waals surface area contributed by atoms with E-state index in [0.29, 0.717) is 47.7 Å². The van der Waals surface area contributed by atoms with Crippen LogP contribution in [0, 0.1) is 11.8 Å². The predicted octanol–water partition coefficient (Wildman–Crippen LogP) is 4.10. The molecule has 32 heavy (non-hydrogen) atoms. The summed E-state index contributed by atoms with van der Waals surface area (Å²) in [5.41, 5.74) is 5.84. The van der Waals surface area contributed by atoms with Crippen molar-refractivity contribution in [2.75, 3.05) is 13.2 Å². The van der Waals surface area contributed by atoms with Crippen molar-refractivity contribution in [2.24, 2.45) is 11.8 Å². The minimum Gasteiger partial charge on any atom is -0.494 e. The van der Waals surface area contributed by atoms with Gasteiger partial charge in [0.05, 0.1) is 13.2 Å². The summed E-state index contributed by atoms with van der Waals surface area (Å²) in [7, 11) is 0. The van der Waals surface area contributed by atoms with E-state index in [2.05, 4.69) is 43.9 Å². The van der Waals surface area contributed by atoms with Gasteiger partial charge >= 0.3 is 0 Å². The number of thiocarbonyl (C=S) groups is 1. The van der Waals surface area contributed by atoms with Crippen LogP contribution < -0.4 is 25.6 Å². The van der Waals surface area contributed by atoms with Gasteiger partial charge in [0, 0.05) is 11.1 Å². The maximum atomic E-state index is 12.3. The third-order valence-electron chi connectivity index (χ3n) is 4.30. The smallest absolute Gasteiger partial charge is 0.269 e. The lowest BCUT2D eigenvalue weighted by Gasteiger charge is -2.12. The average Bonchev–Trinajstić information content (AvgIpc) is 2.76. The molecule has 3 N–H and O–H groups in total. The topological polar surface area (TPSA) is 88.7 Å². The summed E-state index contributed by atoms with van der Waals surface area (Å²) in [5, 5.41) is 2.51. The molecule has 8 heteroatoms. The van der Waals surface area contributed by atoms with Gasteiger partial charge in [0.25, 0.3) is 11.8 Å². The summed E-state index contributed by atoms with van der Waals surface area (Å²) in [6.07, 6.45) is 0.962. The van der Waals surface area contributed by atoms with Gasteiger partial charge in [-0.15, -0.1) is 0 Å². The molecule has 0 saturated heterocycles. The van der Waals surface area contributed by atoms with Crippen molar-refractivity contribution in [2.45, 2.75) is 34.1 Å². The standard InChI is InChI=1S/C24H31N3O4S/c1-16(2)13-14-30-20-9-5-18(6-10-20)22(28)25-24(32)27-26-23(29)19-7-11-21(12-8-19)31-15-17(3)4/h5-12,16-17H,13-15H2,1-4H3,(H,26,29)(H2,25,27,28,32). The number of carbonyl (C=O) groups excluding carboxylic acids is 2. The summed E-state index contributed by atoms with van der Waals surface area (Å²) >= 11 is 5.08. The Morgan fingerprint density at radius 1 is 0.781 bits per heavy atom. The van der Waals surface area contributed by atoms with Gasteiger partial charge in [-0.05, 0) is 79.0 Å². The minimum atomic E-state index is -0.392. The molecule has 0 heterocycles. The van der Waals surface area contributed by atoms with Gasteiger partial charge in [-0.25, -0.2) is 0 Å². The highest BCUT2D eigenvalue weighted by Gasteiger charge is 2.10. The first-order valence-corrected chi connectivity index (χ1v) is 11.0. The lowest BCUT2D eigenvalue weighted by Crippen LogP contribution is -2.48. The van der Waals surface area contributed by atoms with E-state index >= 15 is 0 Å². The molecule has 2 aromatic carbocycles. The van der Waals surface area contributed by atoms with Gasteiger partial charge in [-0.1, -0.05) is 27.7 Å². The Labute approximate surface area is 194 Å². The quantitative estimate of drug-likeness (QED) is 0.388. The molecule has 2 amide bonds. The first-order valence-electron chi connectivity index (χ1n) is 10.6. The Morgan fingerprint density at radius 2 is 1.31 bits per heavy atom. The molecule has 172 valence electrons. The van der Waals surface area contributed by atoms with Crippen LogP contribution in [0.2, 0.25) is 0 Å². The number of rotatable bonds is 9. The van der Waals surface area contributed by atoms with Crippen LogP contribution in [0.15, 0.2) is 48.5 Å². The van der Waals surface area contributed by atoms with Crippen molar-refractivity contribution in [3.05, 3.63) is 59.7 Å². The number of benzene rings is 2. The molecule has 0 saturated carbocycles. The van der Waals surface area contributed by atoms with E-state index in [-0.39, 0.29) is 11.0 Å². The fourth-order valence-electron chi connectivity index (χ4n) is 2.47. The van der Waals surface area contributed by atoms with E-state index in [9.17, 15) is 9.59 Å². The molecular formula is C24H31N3O4S. The minimum absolute atomic E-state index is 0.0162. The van der Waals surface area contributed by atoms with Gasteiger partial charge < -0.3 is 9.47 Å². The van der Waals surface area contributed by atoms with E-state index < -0.39 is 5.91 Å². The fourth-order valence-corrected chi connectivity index (χ4v) is 2.62. The third kappa shape index (κ3) is 8.93. The molecule has 0 fully saturated rings. The molecule has 0 aliphatic heterocycles. The summed E-state index contributed by atoms with van der Waals surface area (Å²) in [6.45, 7) is 9.63. The van der Waals surface area contributed by atoms with Gasteiger partial charge in [0.2, 0.25) is 0 Å². The molecule has 0 atom stereocenters. The second-order valence-corrected chi connectivity index (χ2v) is 8.56. The highest BCUT2D eigenvalue weighted by atomic mass is 32.1. The molecule has 0 aromatic heterocycles. The summed E-state index contributed by atoms with van der Waals surface area (Å²) in [6, 6.07) is 13.6. The van der Waals surface area contributed by atoms with E-state index in [1.54, 1.807) is 48.5 Å². The van der Waals surface area contributed by atoms with Crippen LogP contribution >= 0.6 is 12.2 Å². The molecule has 0 aliphatic rings. The van der Waals surface area contributed by atoms with Crippen LogP contribution in [-0.2, 0) is 0 Å². The Morgan fingerprint density at radius 3 is 1.84 bits per heavy atom. The normalized spacial score (nSPS) is 10.6. The number of amides is 2. The van der Waals surface area contributed by atoms with Gasteiger partial charge in [0.1, 0.15) is 11.5 Å². The molecule has 0 aliphatic carbocycles. The highest BCUT2D eigenvalue weighted by Crippen LogP contribution is 2.14. The van der Waals surface area contributed by atoms with Gasteiger partial charge in [-0.2, -0.15) is 0 Å². The molecular weight excluding hydrogens is 426 g/mol. The van der Waals surface area contributed by atoms with Crippen molar-refractivity contribution in [3.8, 4) is 11.5 Å². The van der Waals surface area contributed by atoms with Crippen molar-refractivity contribution < 1.29 is 19.1 Å². The number of hydrogen-bond acceptors (Lipinski definition) is 5. The second-order valence-electron chi connectivity index (χ2n) is 8.15. The Balaban J connectivity index is 1.77. The van der Waals surface area contributed by atoms with E-state index in [0.717, 1.165) is 6.42 Å². The molecule has 0 bridgehead atoms. The van der Waals surface area contributed by atoms with Crippen molar-refractivity contribution in [3.63, 3.8) is 0 Å². The van der Waals surface area contributed by atoms with Crippen LogP contribution in [0.25, 0.3) is 0 Å². The molecule has 7 nitrogen and oxygen atoms in total. The average molecular weight is 458 g/mol. The fraction of sp³-hybridized carbons (Fsp3) is 0.375. The molecule has 0 unspecified atom stereocenters. The van der Waals surface area contributed by atoms with E-state index in [1.165, 1.54) is 0 Å². The van der Waals surface area contributed by atoms with Crippen molar-refractivity contribution >= 4 is 29.1 Å². The Kier molecular flexibility index (Phi) is 9.94. The zero-order valence-corrected chi connectivity index (χ0v) is 19.8. The molecule has 2 rings (SSSR count). The maximum Gasteiger partial charge on any atom is 0.269 e. The van der Waals surface area contributed by atoms with Gasteiger partial charge in [0.15, 0.2) is 5.11 Å². The SMILES string of the molecule is CC(C)CCOc1ccc(C(=O)NC(=S)NNC(=O)c2ccc(OCC(C)C)cc2)cc1. The van der Waals surface area contributed by atoms with E-state index in [4.69, 9.17) is 21.7 Å². The summed E-state index contributed by atoms with van der Waals surface area (Å²) < 4.78 is 11.2. The first kappa shape index (κ1) is 25.1. The number of carbonyl (C=O) groups is 2.